The molecule has 2 aromatic carbocycles. The number of amides is 1. The molecule has 0 bridgehead atoms. The summed E-state index contributed by atoms with van der Waals surface area (Å²) in [6.07, 6.45) is -9.52. The minimum Gasteiger partial charge on any atom is -0.454 e. The molecule has 33 heavy (non-hydrogen) atoms. The maximum absolute atomic E-state index is 13.6. The molecule has 0 aliphatic carbocycles. The molecule has 5 nitrogen and oxygen atoms in total. The Kier molecular flexibility index (Phi) is 5.72. The minimum absolute atomic E-state index is 0.0223. The molecule has 4 rings (SSSR count). The highest BCUT2D eigenvalue weighted by molar-refractivity contribution is 7.17. The molecule has 1 aliphatic rings. The third kappa shape index (κ3) is 4.75. The van der Waals surface area contributed by atoms with Gasteiger partial charge in [0.1, 0.15) is 9.88 Å². The molecule has 1 aromatic heterocycles. The third-order valence-corrected chi connectivity index (χ3v) is 5.89. The second kappa shape index (κ2) is 8.25. The first-order valence-corrected chi connectivity index (χ1v) is 10.2. The van der Waals surface area contributed by atoms with Gasteiger partial charge in [-0.25, -0.2) is 4.98 Å². The van der Waals surface area contributed by atoms with Crippen molar-refractivity contribution in [2.75, 3.05) is 6.79 Å². The summed E-state index contributed by atoms with van der Waals surface area (Å²) in [4.78, 5) is 15.6. The Balaban J connectivity index is 1.63. The van der Waals surface area contributed by atoms with E-state index in [4.69, 9.17) is 9.47 Å². The highest BCUT2D eigenvalue weighted by atomic mass is 32.1. The van der Waals surface area contributed by atoms with E-state index >= 15 is 0 Å². The van der Waals surface area contributed by atoms with Crippen LogP contribution in [0, 0.1) is 0 Å². The Hall–Kier alpha value is -3.28. The lowest BCUT2D eigenvalue weighted by atomic mass is 10.0. The fourth-order valence-corrected chi connectivity index (χ4v) is 4.13. The summed E-state index contributed by atoms with van der Waals surface area (Å²) >= 11 is 0.518. The summed E-state index contributed by atoms with van der Waals surface area (Å²) in [5, 5.41) is 2.26. The van der Waals surface area contributed by atoms with Gasteiger partial charge >= 0.3 is 12.4 Å². The van der Waals surface area contributed by atoms with Crippen LogP contribution in [0.3, 0.4) is 0 Å². The van der Waals surface area contributed by atoms with Gasteiger partial charge in [0.25, 0.3) is 5.91 Å². The second-order valence-electron chi connectivity index (χ2n) is 7.08. The van der Waals surface area contributed by atoms with Crippen LogP contribution in [0.25, 0.3) is 10.6 Å². The Labute approximate surface area is 187 Å². The topological polar surface area (TPSA) is 60.5 Å². The number of carbonyl (C=O) groups is 1. The lowest BCUT2D eigenvalue weighted by Crippen LogP contribution is -2.28. The number of ether oxygens (including phenoxy) is 2. The van der Waals surface area contributed by atoms with Gasteiger partial charge in [0.15, 0.2) is 17.2 Å². The van der Waals surface area contributed by atoms with Gasteiger partial charge < -0.3 is 14.8 Å². The number of halogens is 6. The molecule has 3 aromatic rings. The number of fused-ring (bicyclic) bond motifs is 1. The molecule has 0 radical (unpaired) electrons. The Morgan fingerprint density at radius 2 is 1.76 bits per heavy atom. The van der Waals surface area contributed by atoms with E-state index in [9.17, 15) is 31.1 Å². The number of hydrogen-bond donors (Lipinski definition) is 1. The summed E-state index contributed by atoms with van der Waals surface area (Å²) in [7, 11) is 0. The molecule has 1 amide bonds. The highest BCUT2D eigenvalue weighted by Gasteiger charge is 2.40. The van der Waals surface area contributed by atoms with Gasteiger partial charge in [0, 0.05) is 5.56 Å². The van der Waals surface area contributed by atoms with Crippen LogP contribution in [0.5, 0.6) is 11.5 Å². The fourth-order valence-electron chi connectivity index (χ4n) is 3.15. The monoisotopic (exact) mass is 488 g/mol. The Morgan fingerprint density at radius 1 is 1.03 bits per heavy atom. The van der Waals surface area contributed by atoms with E-state index in [1.807, 2.05) is 0 Å². The zero-order chi connectivity index (χ0) is 24.0. The van der Waals surface area contributed by atoms with Gasteiger partial charge in [-0.2, -0.15) is 26.3 Å². The molecule has 0 saturated heterocycles. The van der Waals surface area contributed by atoms with Crippen molar-refractivity contribution in [3.05, 3.63) is 64.2 Å². The Morgan fingerprint density at radius 3 is 2.45 bits per heavy atom. The number of rotatable bonds is 4. The maximum Gasteiger partial charge on any atom is 0.435 e. The average Bonchev–Trinajstić information content (AvgIpc) is 3.39. The van der Waals surface area contributed by atoms with E-state index < -0.39 is 40.4 Å². The van der Waals surface area contributed by atoms with E-state index in [0.717, 1.165) is 18.2 Å². The molecule has 1 unspecified atom stereocenters. The summed E-state index contributed by atoms with van der Waals surface area (Å²) in [6.45, 7) is 1.35. The molecule has 2 heterocycles. The quantitative estimate of drug-likeness (QED) is 0.453. The number of thiazole rings is 1. The summed E-state index contributed by atoms with van der Waals surface area (Å²) in [5.41, 5.74) is -1.93. The first-order valence-electron chi connectivity index (χ1n) is 9.39. The largest absolute Gasteiger partial charge is 0.454 e. The van der Waals surface area contributed by atoms with E-state index in [1.54, 1.807) is 0 Å². The van der Waals surface area contributed by atoms with E-state index in [0.29, 0.717) is 28.4 Å². The summed E-state index contributed by atoms with van der Waals surface area (Å²) in [6, 6.07) is 7.66. The van der Waals surface area contributed by atoms with Crippen LogP contribution in [0.15, 0.2) is 42.5 Å². The third-order valence-electron chi connectivity index (χ3n) is 4.78. The van der Waals surface area contributed by atoms with Gasteiger partial charge in [0.2, 0.25) is 6.79 Å². The molecule has 174 valence electrons. The van der Waals surface area contributed by atoms with Crippen molar-refractivity contribution in [2.45, 2.75) is 25.3 Å². The van der Waals surface area contributed by atoms with Crippen molar-refractivity contribution >= 4 is 17.2 Å². The highest BCUT2D eigenvalue weighted by Crippen LogP contribution is 2.41. The average molecular weight is 488 g/mol. The van der Waals surface area contributed by atoms with E-state index in [1.165, 1.54) is 31.2 Å². The molecule has 0 spiro atoms. The zero-order valence-corrected chi connectivity index (χ0v) is 17.5. The predicted molar refractivity (Wildman–Crippen MR) is 106 cm³/mol. The lowest BCUT2D eigenvalue weighted by molar-refractivity contribution is -0.141. The van der Waals surface area contributed by atoms with Gasteiger partial charge in [0.05, 0.1) is 11.6 Å². The van der Waals surface area contributed by atoms with Gasteiger partial charge in [-0.3, -0.25) is 4.79 Å². The fraction of sp³-hybridized carbons (Fsp3) is 0.238. The molecule has 0 saturated carbocycles. The van der Waals surface area contributed by atoms with Crippen molar-refractivity contribution in [1.29, 1.82) is 0 Å². The van der Waals surface area contributed by atoms with E-state index in [-0.39, 0.29) is 17.4 Å². The van der Waals surface area contributed by atoms with Crippen LogP contribution in [0.4, 0.5) is 26.3 Å². The lowest BCUT2D eigenvalue weighted by Gasteiger charge is -2.16. The van der Waals surface area contributed by atoms with Crippen LogP contribution < -0.4 is 14.8 Å². The van der Waals surface area contributed by atoms with Crippen LogP contribution in [-0.2, 0) is 12.4 Å². The van der Waals surface area contributed by atoms with Crippen molar-refractivity contribution in [1.82, 2.24) is 10.3 Å². The second-order valence-corrected chi connectivity index (χ2v) is 8.08. The van der Waals surface area contributed by atoms with Gasteiger partial charge in [-0.1, -0.05) is 12.1 Å². The number of aromatic nitrogens is 1. The Bertz CT molecular complexity index is 1210. The number of nitrogens with zero attached hydrogens (tertiary/aromatic N) is 1. The number of hydrogen-bond acceptors (Lipinski definition) is 5. The van der Waals surface area contributed by atoms with E-state index in [2.05, 4.69) is 10.3 Å². The van der Waals surface area contributed by atoms with Crippen molar-refractivity contribution < 1.29 is 40.6 Å². The van der Waals surface area contributed by atoms with Crippen molar-refractivity contribution in [2.24, 2.45) is 0 Å². The van der Waals surface area contributed by atoms with Crippen LogP contribution in [0.2, 0.25) is 0 Å². The van der Waals surface area contributed by atoms with Crippen LogP contribution in [0.1, 0.15) is 39.5 Å². The number of nitrogens with one attached hydrogen (secondary N) is 1. The van der Waals surface area contributed by atoms with Crippen molar-refractivity contribution in [3.63, 3.8) is 0 Å². The normalized spacial score (nSPS) is 14.3. The number of benzene rings is 2. The number of alkyl halides is 6. The molecule has 0 fully saturated rings. The van der Waals surface area contributed by atoms with Gasteiger partial charge in [-0.15, -0.1) is 11.3 Å². The van der Waals surface area contributed by atoms with Crippen LogP contribution in [-0.4, -0.2) is 17.7 Å². The smallest absolute Gasteiger partial charge is 0.435 e. The zero-order valence-electron chi connectivity index (χ0n) is 16.7. The van der Waals surface area contributed by atoms with Crippen molar-refractivity contribution in [3.8, 4) is 22.1 Å². The van der Waals surface area contributed by atoms with Crippen LogP contribution >= 0.6 is 11.3 Å². The molecular weight excluding hydrogens is 474 g/mol. The standard InChI is InChI=1S/C21H14F6N2O3S/c1-10(11-3-2-4-13(7-11)20(22,23)24)28-18(30)16-17(21(25,26)27)29-19(33-16)12-5-6-14-15(8-12)32-9-31-14/h2-8,10H,9H2,1H3,(H,28,30). The molecule has 12 heteroatoms. The SMILES string of the molecule is CC(NC(=O)c1sc(-c2ccc3c(c2)OCO3)nc1C(F)(F)F)c1cccc(C(F)(F)F)c1. The summed E-state index contributed by atoms with van der Waals surface area (Å²) in [5.74, 6) is -0.337. The predicted octanol–water partition coefficient (Wildman–Crippen LogP) is 6.07. The molecule has 1 aliphatic heterocycles. The minimum atomic E-state index is -4.92. The molecule has 1 atom stereocenters. The first kappa shape index (κ1) is 22.9. The molecule has 1 N–H and O–H groups in total. The first-order chi connectivity index (χ1) is 15.4. The van der Waals surface area contributed by atoms with Gasteiger partial charge in [-0.05, 0) is 42.8 Å². The number of carbonyl (C=O) groups excluding carboxylic acids is 1. The summed E-state index contributed by atoms with van der Waals surface area (Å²) < 4.78 is 90.0. The maximum atomic E-state index is 13.6. The molecular formula is C21H14F6N2O3S.